The fourth-order valence-corrected chi connectivity index (χ4v) is 3.54. The molecule has 1 amide bonds. The van der Waals surface area contributed by atoms with Gasteiger partial charge >= 0.3 is 0 Å². The average molecular weight is 410 g/mol. The molecule has 1 aliphatic rings. The third-order valence-corrected chi connectivity index (χ3v) is 4.83. The number of benzene rings is 2. The van der Waals surface area contributed by atoms with Crippen molar-refractivity contribution < 1.29 is 4.79 Å². The van der Waals surface area contributed by atoms with Gasteiger partial charge in [0.15, 0.2) is 0 Å². The summed E-state index contributed by atoms with van der Waals surface area (Å²) in [7, 11) is 0. The molecule has 6 heteroatoms. The van der Waals surface area contributed by atoms with Gasteiger partial charge in [-0.25, -0.2) is 0 Å². The summed E-state index contributed by atoms with van der Waals surface area (Å²) >= 11 is 0. The van der Waals surface area contributed by atoms with Gasteiger partial charge < -0.3 is 10.6 Å². The molecule has 0 spiro atoms. The highest BCUT2D eigenvalue weighted by molar-refractivity contribution is 5.85. The number of likely N-dealkylation sites (tertiary alicyclic amines) is 1. The van der Waals surface area contributed by atoms with Gasteiger partial charge in [-0.15, -0.1) is 24.8 Å². The van der Waals surface area contributed by atoms with Crippen LogP contribution in [0, 0.1) is 0 Å². The summed E-state index contributed by atoms with van der Waals surface area (Å²) in [6, 6.07) is 20.9. The van der Waals surface area contributed by atoms with E-state index in [1.807, 2.05) is 41.3 Å². The van der Waals surface area contributed by atoms with Crippen molar-refractivity contribution >= 4 is 30.7 Å². The number of nitrogens with two attached hydrogens (primary N) is 1. The molecule has 1 aliphatic heterocycles. The van der Waals surface area contributed by atoms with Gasteiger partial charge in [0.1, 0.15) is 0 Å². The van der Waals surface area contributed by atoms with Crippen LogP contribution in [0.25, 0.3) is 0 Å². The van der Waals surface area contributed by atoms with Gasteiger partial charge in [0.25, 0.3) is 0 Å². The smallest absolute Gasteiger partial charge is 0.237 e. The summed E-state index contributed by atoms with van der Waals surface area (Å²) in [5.41, 5.74) is 8.28. The van der Waals surface area contributed by atoms with Crippen molar-refractivity contribution in [2.45, 2.75) is 32.0 Å². The third kappa shape index (κ3) is 6.82. The Balaban J connectivity index is 0.00000182. The molecule has 0 saturated carbocycles. The van der Waals surface area contributed by atoms with E-state index < -0.39 is 0 Å². The van der Waals surface area contributed by atoms with E-state index in [1.54, 1.807) is 0 Å². The molecule has 0 aliphatic carbocycles. The number of carbonyl (C=O) groups excluding carboxylic acids is 1. The van der Waals surface area contributed by atoms with E-state index in [9.17, 15) is 4.79 Å². The first-order chi connectivity index (χ1) is 12.3. The van der Waals surface area contributed by atoms with E-state index in [4.69, 9.17) is 5.73 Å². The number of halogens is 2. The zero-order chi connectivity index (χ0) is 17.5. The van der Waals surface area contributed by atoms with Crippen molar-refractivity contribution in [1.82, 2.24) is 9.80 Å². The molecule has 1 heterocycles. The molecule has 148 valence electrons. The fourth-order valence-electron chi connectivity index (χ4n) is 3.54. The molecule has 4 nitrogen and oxygen atoms in total. The lowest BCUT2D eigenvalue weighted by Crippen LogP contribution is -2.44. The predicted molar refractivity (Wildman–Crippen MR) is 115 cm³/mol. The summed E-state index contributed by atoms with van der Waals surface area (Å²) in [6.45, 7) is 3.36. The Bertz CT molecular complexity index is 628. The van der Waals surface area contributed by atoms with Crippen molar-refractivity contribution in [3.05, 3.63) is 71.8 Å². The lowest BCUT2D eigenvalue weighted by atomic mass is 10.1. The molecule has 1 fully saturated rings. The summed E-state index contributed by atoms with van der Waals surface area (Å²) in [5.74, 6) is 0.194. The Labute approximate surface area is 174 Å². The Hall–Kier alpha value is -1.59. The van der Waals surface area contributed by atoms with Crippen LogP contribution >= 0.6 is 24.8 Å². The Morgan fingerprint density at radius 1 is 0.963 bits per heavy atom. The summed E-state index contributed by atoms with van der Waals surface area (Å²) in [6.07, 6.45) is 2.09. The van der Waals surface area contributed by atoms with Crippen molar-refractivity contribution in [2.24, 2.45) is 5.73 Å². The van der Waals surface area contributed by atoms with Crippen LogP contribution in [0.2, 0.25) is 0 Å². The molecule has 0 bridgehead atoms. The van der Waals surface area contributed by atoms with Crippen LogP contribution < -0.4 is 5.73 Å². The zero-order valence-electron chi connectivity index (χ0n) is 15.5. The van der Waals surface area contributed by atoms with Crippen molar-refractivity contribution in [3.63, 3.8) is 0 Å². The highest BCUT2D eigenvalue weighted by atomic mass is 35.5. The number of carbonyl (C=O) groups is 1. The molecular formula is C21H29Cl2N3O. The van der Waals surface area contributed by atoms with Gasteiger partial charge in [-0.2, -0.15) is 0 Å². The monoisotopic (exact) mass is 409 g/mol. The van der Waals surface area contributed by atoms with Crippen LogP contribution in [0.5, 0.6) is 0 Å². The molecule has 0 aromatic heterocycles. The first-order valence-corrected chi connectivity index (χ1v) is 9.06. The number of rotatable bonds is 7. The SMILES string of the molecule is Cl.Cl.NCC1CCCN1C(=O)CN(Cc1ccccc1)Cc1ccccc1. The summed E-state index contributed by atoms with van der Waals surface area (Å²) in [4.78, 5) is 17.0. The van der Waals surface area contributed by atoms with E-state index in [2.05, 4.69) is 29.2 Å². The maximum atomic E-state index is 12.8. The lowest BCUT2D eigenvalue weighted by molar-refractivity contribution is -0.133. The molecular weight excluding hydrogens is 381 g/mol. The maximum absolute atomic E-state index is 12.8. The predicted octanol–water partition coefficient (Wildman–Crippen LogP) is 3.48. The normalized spacial score (nSPS) is 15.9. The van der Waals surface area contributed by atoms with Crippen molar-refractivity contribution in [3.8, 4) is 0 Å². The van der Waals surface area contributed by atoms with Crippen LogP contribution in [0.4, 0.5) is 0 Å². The average Bonchev–Trinajstić information content (AvgIpc) is 3.12. The topological polar surface area (TPSA) is 49.6 Å². The highest BCUT2D eigenvalue weighted by Crippen LogP contribution is 2.18. The van der Waals surface area contributed by atoms with Crippen LogP contribution in [0.3, 0.4) is 0 Å². The minimum atomic E-state index is 0. The quantitative estimate of drug-likeness (QED) is 0.761. The minimum Gasteiger partial charge on any atom is -0.337 e. The first kappa shape index (κ1) is 23.4. The first-order valence-electron chi connectivity index (χ1n) is 9.06. The van der Waals surface area contributed by atoms with Crippen LogP contribution in [-0.2, 0) is 17.9 Å². The number of amides is 1. The van der Waals surface area contributed by atoms with Crippen molar-refractivity contribution in [1.29, 1.82) is 0 Å². The standard InChI is InChI=1S/C21H27N3O.2ClH/c22-14-20-12-7-13-24(20)21(25)17-23(15-18-8-3-1-4-9-18)16-19-10-5-2-6-11-19;;/h1-6,8-11,20H,7,12-17,22H2;2*1H. The van der Waals surface area contributed by atoms with Gasteiger partial charge in [0.2, 0.25) is 5.91 Å². The second-order valence-corrected chi connectivity index (χ2v) is 6.74. The van der Waals surface area contributed by atoms with Gasteiger partial charge in [0, 0.05) is 32.2 Å². The van der Waals surface area contributed by atoms with E-state index in [-0.39, 0.29) is 36.8 Å². The number of hydrogen-bond donors (Lipinski definition) is 1. The molecule has 1 unspecified atom stereocenters. The molecule has 2 N–H and O–H groups in total. The number of hydrogen-bond acceptors (Lipinski definition) is 3. The zero-order valence-corrected chi connectivity index (χ0v) is 17.1. The molecule has 1 atom stereocenters. The second-order valence-electron chi connectivity index (χ2n) is 6.74. The molecule has 0 radical (unpaired) electrons. The molecule has 3 rings (SSSR count). The van der Waals surface area contributed by atoms with Crippen LogP contribution in [-0.4, -0.2) is 41.4 Å². The number of nitrogens with zero attached hydrogens (tertiary/aromatic N) is 2. The molecule has 2 aromatic carbocycles. The Morgan fingerprint density at radius 2 is 1.48 bits per heavy atom. The van der Waals surface area contributed by atoms with Crippen LogP contribution in [0.15, 0.2) is 60.7 Å². The van der Waals surface area contributed by atoms with Crippen molar-refractivity contribution in [2.75, 3.05) is 19.6 Å². The van der Waals surface area contributed by atoms with E-state index in [0.717, 1.165) is 32.5 Å². The highest BCUT2D eigenvalue weighted by Gasteiger charge is 2.28. The third-order valence-electron chi connectivity index (χ3n) is 4.83. The second kappa shape index (κ2) is 12.0. The minimum absolute atomic E-state index is 0. The summed E-state index contributed by atoms with van der Waals surface area (Å²) in [5, 5.41) is 0. The molecule has 27 heavy (non-hydrogen) atoms. The van der Waals surface area contributed by atoms with E-state index >= 15 is 0 Å². The lowest BCUT2D eigenvalue weighted by Gasteiger charge is -2.28. The van der Waals surface area contributed by atoms with Gasteiger partial charge in [-0.05, 0) is 24.0 Å². The Morgan fingerprint density at radius 3 is 1.96 bits per heavy atom. The molecule has 1 saturated heterocycles. The van der Waals surface area contributed by atoms with Gasteiger partial charge in [0.05, 0.1) is 6.54 Å². The largest absolute Gasteiger partial charge is 0.337 e. The van der Waals surface area contributed by atoms with E-state index in [0.29, 0.717) is 13.1 Å². The molecule has 2 aromatic rings. The van der Waals surface area contributed by atoms with Gasteiger partial charge in [-0.1, -0.05) is 60.7 Å². The Kier molecular flexibility index (Phi) is 10.4. The van der Waals surface area contributed by atoms with E-state index in [1.165, 1.54) is 11.1 Å². The van der Waals surface area contributed by atoms with Gasteiger partial charge in [-0.3, -0.25) is 9.69 Å². The summed E-state index contributed by atoms with van der Waals surface area (Å²) < 4.78 is 0. The fraction of sp³-hybridized carbons (Fsp3) is 0.381. The maximum Gasteiger partial charge on any atom is 0.237 e. The van der Waals surface area contributed by atoms with Crippen LogP contribution in [0.1, 0.15) is 24.0 Å².